The van der Waals surface area contributed by atoms with E-state index in [2.05, 4.69) is 30.4 Å². The maximum absolute atomic E-state index is 12.8. The SMILES string of the molecule is CCOC(=O)c1c(CBr)cnc(C(F)F)c1OC(F)(F)F. The fourth-order valence-electron chi connectivity index (χ4n) is 1.45. The van der Waals surface area contributed by atoms with Gasteiger partial charge in [0.25, 0.3) is 6.43 Å². The van der Waals surface area contributed by atoms with Gasteiger partial charge in [0.1, 0.15) is 11.3 Å². The van der Waals surface area contributed by atoms with E-state index in [4.69, 9.17) is 0 Å². The minimum Gasteiger partial charge on any atom is -0.462 e. The Labute approximate surface area is 124 Å². The average Bonchev–Trinajstić information content (AvgIpc) is 2.35. The fraction of sp³-hybridized carbons (Fsp3) is 0.455. The summed E-state index contributed by atoms with van der Waals surface area (Å²) in [4.78, 5) is 15.0. The van der Waals surface area contributed by atoms with E-state index in [1.165, 1.54) is 6.92 Å². The largest absolute Gasteiger partial charge is 0.573 e. The Morgan fingerprint density at radius 2 is 2.05 bits per heavy atom. The van der Waals surface area contributed by atoms with E-state index in [-0.39, 0.29) is 17.5 Å². The number of aromatic nitrogens is 1. The molecule has 0 bridgehead atoms. The summed E-state index contributed by atoms with van der Waals surface area (Å²) >= 11 is 2.93. The number of halogens is 6. The van der Waals surface area contributed by atoms with Crippen LogP contribution < -0.4 is 4.74 Å². The molecule has 0 saturated heterocycles. The van der Waals surface area contributed by atoms with Crippen LogP contribution in [0.25, 0.3) is 0 Å². The van der Waals surface area contributed by atoms with Crippen LogP contribution in [0.1, 0.15) is 35.0 Å². The van der Waals surface area contributed by atoms with Gasteiger partial charge >= 0.3 is 12.3 Å². The van der Waals surface area contributed by atoms with E-state index < -0.39 is 35.8 Å². The number of hydrogen-bond donors (Lipinski definition) is 0. The minimum absolute atomic E-state index is 0.0582. The average molecular weight is 378 g/mol. The van der Waals surface area contributed by atoms with Crippen LogP contribution in [-0.2, 0) is 10.1 Å². The monoisotopic (exact) mass is 377 g/mol. The first kappa shape index (κ1) is 17.6. The molecule has 118 valence electrons. The van der Waals surface area contributed by atoms with Crippen molar-refractivity contribution in [2.24, 2.45) is 0 Å². The fourth-order valence-corrected chi connectivity index (χ4v) is 1.87. The zero-order valence-corrected chi connectivity index (χ0v) is 12.1. The second kappa shape index (κ2) is 7.01. The molecule has 0 aliphatic heterocycles. The van der Waals surface area contributed by atoms with Gasteiger partial charge in [0.05, 0.1) is 6.61 Å². The lowest BCUT2D eigenvalue weighted by molar-refractivity contribution is -0.275. The first-order valence-electron chi connectivity index (χ1n) is 5.50. The number of rotatable bonds is 5. The van der Waals surface area contributed by atoms with Gasteiger partial charge in [-0.05, 0) is 12.5 Å². The van der Waals surface area contributed by atoms with Gasteiger partial charge in [0.15, 0.2) is 5.75 Å². The van der Waals surface area contributed by atoms with Crippen LogP contribution in [0.15, 0.2) is 6.20 Å². The summed E-state index contributed by atoms with van der Waals surface area (Å²) in [6.45, 7) is 1.28. The highest BCUT2D eigenvalue weighted by molar-refractivity contribution is 9.08. The molecule has 0 unspecified atom stereocenters. The number of pyridine rings is 1. The second-order valence-corrected chi connectivity index (χ2v) is 4.14. The first-order chi connectivity index (χ1) is 9.71. The summed E-state index contributed by atoms with van der Waals surface area (Å²) in [6.07, 6.45) is -7.73. The van der Waals surface area contributed by atoms with Crippen LogP contribution in [-0.4, -0.2) is 23.9 Å². The van der Waals surface area contributed by atoms with Gasteiger partial charge in [0, 0.05) is 11.5 Å². The molecule has 0 fully saturated rings. The number of carbonyl (C=O) groups is 1. The van der Waals surface area contributed by atoms with Crippen molar-refractivity contribution in [2.75, 3.05) is 6.61 Å². The van der Waals surface area contributed by atoms with Gasteiger partial charge in [-0.3, -0.25) is 4.98 Å². The molecule has 0 aliphatic carbocycles. The molecule has 0 amide bonds. The summed E-state index contributed by atoms with van der Waals surface area (Å²) in [5.41, 5.74) is -2.06. The number of carbonyl (C=O) groups excluding carboxylic acids is 1. The quantitative estimate of drug-likeness (QED) is 0.442. The van der Waals surface area contributed by atoms with Gasteiger partial charge in [-0.25, -0.2) is 13.6 Å². The Kier molecular flexibility index (Phi) is 5.87. The van der Waals surface area contributed by atoms with Crippen LogP contribution in [0.5, 0.6) is 5.75 Å². The smallest absolute Gasteiger partial charge is 0.462 e. The molecule has 1 heterocycles. The maximum Gasteiger partial charge on any atom is 0.573 e. The minimum atomic E-state index is -5.25. The third-order valence-electron chi connectivity index (χ3n) is 2.19. The Morgan fingerprint density at radius 3 is 2.48 bits per heavy atom. The summed E-state index contributed by atoms with van der Waals surface area (Å²) in [7, 11) is 0. The summed E-state index contributed by atoms with van der Waals surface area (Å²) < 4.78 is 70.9. The van der Waals surface area contributed by atoms with Crippen molar-refractivity contribution >= 4 is 21.9 Å². The van der Waals surface area contributed by atoms with E-state index in [1.807, 2.05) is 0 Å². The molecule has 0 spiro atoms. The number of nitrogens with zero attached hydrogens (tertiary/aromatic N) is 1. The van der Waals surface area contributed by atoms with Gasteiger partial charge in [0.2, 0.25) is 0 Å². The summed E-state index contributed by atoms with van der Waals surface area (Å²) in [6, 6.07) is 0. The second-order valence-electron chi connectivity index (χ2n) is 3.58. The van der Waals surface area contributed by atoms with Gasteiger partial charge in [-0.15, -0.1) is 13.2 Å². The van der Waals surface area contributed by atoms with Gasteiger partial charge in [-0.2, -0.15) is 0 Å². The molecular formula is C11H9BrF5NO3. The molecule has 1 rings (SSSR count). The number of ether oxygens (including phenoxy) is 2. The Bertz CT molecular complexity index is 521. The van der Waals surface area contributed by atoms with Crippen LogP contribution in [0.2, 0.25) is 0 Å². The molecule has 4 nitrogen and oxygen atoms in total. The normalized spacial score (nSPS) is 11.6. The highest BCUT2D eigenvalue weighted by atomic mass is 79.9. The molecule has 10 heteroatoms. The van der Waals surface area contributed by atoms with Crippen LogP contribution in [0.4, 0.5) is 22.0 Å². The molecule has 1 aromatic rings. The summed E-state index contributed by atoms with van der Waals surface area (Å²) in [5.74, 6) is -2.54. The van der Waals surface area contributed by atoms with Crippen molar-refractivity contribution in [1.82, 2.24) is 4.98 Å². The first-order valence-corrected chi connectivity index (χ1v) is 6.62. The zero-order valence-electron chi connectivity index (χ0n) is 10.5. The van der Waals surface area contributed by atoms with E-state index in [0.717, 1.165) is 6.20 Å². The standard InChI is InChI=1S/C11H9BrF5NO3/c1-2-20-10(19)6-5(3-12)4-18-7(9(13)14)8(6)21-11(15,16)17/h4,9H,2-3H2,1H3. The van der Waals surface area contributed by atoms with Crippen molar-refractivity contribution in [3.8, 4) is 5.75 Å². The molecule has 0 radical (unpaired) electrons. The number of alkyl halides is 6. The van der Waals surface area contributed by atoms with Gasteiger partial charge < -0.3 is 9.47 Å². The molecular weight excluding hydrogens is 369 g/mol. The molecule has 0 N–H and O–H groups in total. The number of hydrogen-bond acceptors (Lipinski definition) is 4. The molecule has 1 aromatic heterocycles. The Morgan fingerprint density at radius 1 is 1.43 bits per heavy atom. The van der Waals surface area contributed by atoms with Crippen LogP contribution in [0, 0.1) is 0 Å². The highest BCUT2D eigenvalue weighted by Gasteiger charge is 2.37. The lowest BCUT2D eigenvalue weighted by Crippen LogP contribution is -2.22. The van der Waals surface area contributed by atoms with Crippen LogP contribution >= 0.6 is 15.9 Å². The maximum atomic E-state index is 12.8. The lowest BCUT2D eigenvalue weighted by atomic mass is 10.1. The predicted octanol–water partition coefficient (Wildman–Crippen LogP) is 3.99. The Hall–Kier alpha value is -1.45. The number of esters is 1. The third-order valence-corrected chi connectivity index (χ3v) is 2.79. The third kappa shape index (κ3) is 4.51. The molecule has 0 atom stereocenters. The van der Waals surface area contributed by atoms with Crippen molar-refractivity contribution in [1.29, 1.82) is 0 Å². The highest BCUT2D eigenvalue weighted by Crippen LogP contribution is 2.37. The van der Waals surface area contributed by atoms with E-state index in [9.17, 15) is 26.7 Å². The van der Waals surface area contributed by atoms with Crippen LogP contribution in [0.3, 0.4) is 0 Å². The van der Waals surface area contributed by atoms with E-state index >= 15 is 0 Å². The Balaban J connectivity index is 3.52. The van der Waals surface area contributed by atoms with E-state index in [0.29, 0.717) is 0 Å². The lowest BCUT2D eigenvalue weighted by Gasteiger charge is -2.17. The molecule has 0 aliphatic rings. The van der Waals surface area contributed by atoms with Crippen molar-refractivity contribution in [2.45, 2.75) is 25.0 Å². The molecule has 21 heavy (non-hydrogen) atoms. The van der Waals surface area contributed by atoms with Crippen molar-refractivity contribution in [3.63, 3.8) is 0 Å². The molecule has 0 saturated carbocycles. The summed E-state index contributed by atoms with van der Waals surface area (Å²) in [5, 5.41) is -0.0914. The van der Waals surface area contributed by atoms with Crippen molar-refractivity contribution < 1.29 is 36.2 Å². The predicted molar refractivity (Wildman–Crippen MR) is 64.5 cm³/mol. The molecule has 0 aromatic carbocycles. The van der Waals surface area contributed by atoms with Gasteiger partial charge in [-0.1, -0.05) is 15.9 Å². The topological polar surface area (TPSA) is 48.4 Å². The van der Waals surface area contributed by atoms with Crippen molar-refractivity contribution in [3.05, 3.63) is 23.0 Å². The van der Waals surface area contributed by atoms with E-state index in [1.54, 1.807) is 0 Å². The zero-order chi connectivity index (χ0) is 16.2.